The van der Waals surface area contributed by atoms with Crippen LogP contribution >= 0.6 is 0 Å². The number of halogens is 1. The molecule has 1 aromatic carbocycles. The van der Waals surface area contributed by atoms with E-state index in [4.69, 9.17) is 9.47 Å². The third-order valence-corrected chi connectivity index (χ3v) is 6.38. The van der Waals surface area contributed by atoms with E-state index in [1.165, 1.54) is 7.05 Å². The Morgan fingerprint density at radius 1 is 1.35 bits per heavy atom. The SMILES string of the molecule is CN=S(=O)(c1ccccc1)C(F)CCCCOC1CCCCO1. The van der Waals surface area contributed by atoms with Crippen molar-refractivity contribution in [1.82, 2.24) is 0 Å². The summed E-state index contributed by atoms with van der Waals surface area (Å²) in [5, 5.41) is 0. The molecule has 1 fully saturated rings. The molecule has 1 heterocycles. The second-order valence-corrected chi connectivity index (χ2v) is 8.12. The largest absolute Gasteiger partial charge is 0.353 e. The summed E-state index contributed by atoms with van der Waals surface area (Å²) in [6, 6.07) is 8.67. The molecule has 0 saturated carbocycles. The fourth-order valence-corrected chi connectivity index (χ4v) is 4.38. The summed E-state index contributed by atoms with van der Waals surface area (Å²) >= 11 is 0. The summed E-state index contributed by atoms with van der Waals surface area (Å²) in [6.45, 7) is 1.31. The van der Waals surface area contributed by atoms with Crippen molar-refractivity contribution in [2.24, 2.45) is 4.36 Å². The molecule has 0 bridgehead atoms. The van der Waals surface area contributed by atoms with E-state index in [0.29, 0.717) is 17.9 Å². The van der Waals surface area contributed by atoms with Gasteiger partial charge in [0, 0.05) is 20.3 Å². The highest BCUT2D eigenvalue weighted by atomic mass is 32.2. The Balaban J connectivity index is 1.75. The van der Waals surface area contributed by atoms with E-state index in [1.807, 2.05) is 6.07 Å². The molecule has 0 aromatic heterocycles. The zero-order chi connectivity index (χ0) is 16.5. The molecule has 0 aliphatic carbocycles. The summed E-state index contributed by atoms with van der Waals surface area (Å²) in [5.74, 6) is 0. The van der Waals surface area contributed by atoms with Crippen LogP contribution in [0.15, 0.2) is 39.6 Å². The van der Waals surface area contributed by atoms with Gasteiger partial charge < -0.3 is 9.47 Å². The number of benzene rings is 1. The third-order valence-electron chi connectivity index (χ3n) is 3.97. The molecule has 4 nitrogen and oxygen atoms in total. The lowest BCUT2D eigenvalue weighted by atomic mass is 10.2. The maximum absolute atomic E-state index is 14.5. The Morgan fingerprint density at radius 2 is 2.13 bits per heavy atom. The maximum Gasteiger partial charge on any atom is 0.187 e. The first-order chi connectivity index (χ1) is 11.2. The average Bonchev–Trinajstić information content (AvgIpc) is 2.62. The van der Waals surface area contributed by atoms with E-state index in [2.05, 4.69) is 4.36 Å². The molecule has 2 rings (SSSR count). The molecule has 130 valence electrons. The summed E-state index contributed by atoms with van der Waals surface area (Å²) in [6.07, 6.45) is 4.62. The van der Waals surface area contributed by atoms with Crippen molar-refractivity contribution in [2.75, 3.05) is 20.3 Å². The van der Waals surface area contributed by atoms with Gasteiger partial charge in [0.25, 0.3) is 0 Å². The zero-order valence-corrected chi connectivity index (χ0v) is 14.5. The van der Waals surface area contributed by atoms with E-state index in [1.54, 1.807) is 24.3 Å². The molecule has 0 N–H and O–H groups in total. The second-order valence-electron chi connectivity index (χ2n) is 5.64. The standard InChI is InChI=1S/C17H26FNO3S/c1-19-23(20,15-9-3-2-4-10-15)16(18)11-5-7-13-21-17-12-6-8-14-22-17/h2-4,9-10,16-17H,5-8,11-14H2,1H3. The van der Waals surface area contributed by atoms with E-state index in [9.17, 15) is 8.60 Å². The van der Waals surface area contributed by atoms with E-state index in [0.717, 1.165) is 32.3 Å². The Kier molecular flexibility index (Phi) is 7.46. The summed E-state index contributed by atoms with van der Waals surface area (Å²) in [4.78, 5) is 0.460. The van der Waals surface area contributed by atoms with Gasteiger partial charge in [-0.1, -0.05) is 18.2 Å². The Labute approximate surface area is 138 Å². The zero-order valence-electron chi connectivity index (χ0n) is 13.7. The normalized spacial score (nSPS) is 22.3. The van der Waals surface area contributed by atoms with Crippen molar-refractivity contribution >= 4 is 9.73 Å². The minimum Gasteiger partial charge on any atom is -0.353 e. The first kappa shape index (κ1) is 18.4. The number of rotatable bonds is 8. The smallest absolute Gasteiger partial charge is 0.187 e. The van der Waals surface area contributed by atoms with E-state index < -0.39 is 15.2 Å². The highest BCUT2D eigenvalue weighted by molar-refractivity contribution is 7.94. The number of hydrogen-bond acceptors (Lipinski definition) is 4. The molecule has 6 heteroatoms. The first-order valence-corrected chi connectivity index (χ1v) is 9.81. The molecule has 0 amide bonds. The lowest BCUT2D eigenvalue weighted by Crippen LogP contribution is -2.22. The van der Waals surface area contributed by atoms with Crippen LogP contribution in [0.25, 0.3) is 0 Å². The van der Waals surface area contributed by atoms with E-state index in [-0.39, 0.29) is 12.7 Å². The van der Waals surface area contributed by atoms with Crippen LogP contribution in [0.3, 0.4) is 0 Å². The minimum atomic E-state index is -3.00. The Morgan fingerprint density at radius 3 is 2.78 bits per heavy atom. The van der Waals surface area contributed by atoms with Crippen molar-refractivity contribution in [3.05, 3.63) is 30.3 Å². The van der Waals surface area contributed by atoms with Gasteiger partial charge in [0.1, 0.15) is 9.73 Å². The molecule has 1 saturated heterocycles. The van der Waals surface area contributed by atoms with E-state index >= 15 is 0 Å². The summed E-state index contributed by atoms with van der Waals surface area (Å²) in [5.41, 5.74) is -1.46. The van der Waals surface area contributed by atoms with Crippen molar-refractivity contribution in [2.45, 2.75) is 55.2 Å². The molecular weight excluding hydrogens is 317 g/mol. The predicted molar refractivity (Wildman–Crippen MR) is 89.5 cm³/mol. The summed E-state index contributed by atoms with van der Waals surface area (Å²) in [7, 11) is -1.58. The van der Waals surface area contributed by atoms with Gasteiger partial charge in [-0.15, -0.1) is 0 Å². The monoisotopic (exact) mass is 343 g/mol. The van der Waals surface area contributed by atoms with Crippen LogP contribution in [0.4, 0.5) is 4.39 Å². The van der Waals surface area contributed by atoms with Gasteiger partial charge in [-0.25, -0.2) is 13.0 Å². The van der Waals surface area contributed by atoms with Crippen LogP contribution < -0.4 is 0 Å². The molecule has 1 aromatic rings. The lowest BCUT2D eigenvalue weighted by Gasteiger charge is -2.22. The van der Waals surface area contributed by atoms with Gasteiger partial charge in [-0.05, 0) is 50.7 Å². The minimum absolute atomic E-state index is 0.107. The third kappa shape index (κ3) is 5.26. The van der Waals surface area contributed by atoms with Gasteiger partial charge in [-0.2, -0.15) is 0 Å². The Hall–Kier alpha value is -0.980. The van der Waals surface area contributed by atoms with Gasteiger partial charge >= 0.3 is 0 Å². The topological polar surface area (TPSA) is 47.9 Å². The molecule has 23 heavy (non-hydrogen) atoms. The second kappa shape index (κ2) is 9.35. The quantitative estimate of drug-likeness (QED) is 0.666. The van der Waals surface area contributed by atoms with Gasteiger partial charge in [0.2, 0.25) is 0 Å². The highest BCUT2D eigenvalue weighted by Gasteiger charge is 2.24. The Bertz CT molecular complexity index is 566. The molecule has 3 unspecified atom stereocenters. The fraction of sp³-hybridized carbons (Fsp3) is 0.647. The van der Waals surface area contributed by atoms with Crippen molar-refractivity contribution in [1.29, 1.82) is 0 Å². The number of unbranched alkanes of at least 4 members (excludes halogenated alkanes) is 1. The number of nitrogens with zero attached hydrogens (tertiary/aromatic N) is 1. The van der Waals surface area contributed by atoms with Crippen molar-refractivity contribution in [3.63, 3.8) is 0 Å². The molecular formula is C17H26FNO3S. The van der Waals surface area contributed by atoms with Gasteiger partial charge in [-0.3, -0.25) is 0 Å². The first-order valence-electron chi connectivity index (χ1n) is 8.23. The number of ether oxygens (including phenoxy) is 2. The molecule has 1 aliphatic heterocycles. The summed E-state index contributed by atoms with van der Waals surface area (Å²) < 4.78 is 42.2. The van der Waals surface area contributed by atoms with Crippen molar-refractivity contribution < 1.29 is 18.1 Å². The van der Waals surface area contributed by atoms with Crippen LogP contribution in [-0.4, -0.2) is 36.3 Å². The molecule has 1 aliphatic rings. The fourth-order valence-electron chi connectivity index (χ4n) is 2.61. The maximum atomic E-state index is 14.5. The van der Waals surface area contributed by atoms with Crippen molar-refractivity contribution in [3.8, 4) is 0 Å². The average molecular weight is 343 g/mol. The van der Waals surface area contributed by atoms with Crippen LogP contribution in [-0.2, 0) is 19.2 Å². The van der Waals surface area contributed by atoms with Crippen LogP contribution in [0.1, 0.15) is 38.5 Å². The number of alkyl halides is 1. The van der Waals surface area contributed by atoms with Crippen LogP contribution in [0.5, 0.6) is 0 Å². The van der Waals surface area contributed by atoms with Crippen LogP contribution in [0, 0.1) is 0 Å². The van der Waals surface area contributed by atoms with Gasteiger partial charge in [0.15, 0.2) is 11.8 Å². The molecule has 0 radical (unpaired) electrons. The lowest BCUT2D eigenvalue weighted by molar-refractivity contribution is -0.162. The highest BCUT2D eigenvalue weighted by Crippen LogP contribution is 2.23. The van der Waals surface area contributed by atoms with Gasteiger partial charge in [0.05, 0.1) is 4.90 Å². The molecule has 3 atom stereocenters. The van der Waals surface area contributed by atoms with Crippen LogP contribution in [0.2, 0.25) is 0 Å². The molecule has 0 spiro atoms. The predicted octanol–water partition coefficient (Wildman–Crippen LogP) is 4.15. The number of hydrogen-bond donors (Lipinski definition) is 0.